The van der Waals surface area contributed by atoms with Crippen molar-refractivity contribution in [3.63, 3.8) is 0 Å². The van der Waals surface area contributed by atoms with Crippen LogP contribution < -0.4 is 10.5 Å². The van der Waals surface area contributed by atoms with E-state index in [2.05, 4.69) is 27.6 Å². The molecule has 3 aromatic rings. The number of fused-ring (bicyclic) bond motifs is 1. The fraction of sp³-hybridized carbons (Fsp3) is 0.0625. The van der Waals surface area contributed by atoms with Crippen LogP contribution in [0.2, 0.25) is 0 Å². The van der Waals surface area contributed by atoms with Gasteiger partial charge in [0.25, 0.3) is 0 Å². The standard InChI is InChI=1S/C16H11IN2O3/c17-11-1-2-12-14(7-11)19(8-10-3-5-18-6-4-10)9-13(15(12)20)16(21)22/h1-7,9H,8H2,(H,21,22)/p-1. The largest absolute Gasteiger partial charge is 0.545 e. The molecule has 0 aliphatic rings. The molecule has 22 heavy (non-hydrogen) atoms. The number of hydrogen-bond donors (Lipinski definition) is 0. The molecule has 1 aromatic carbocycles. The molecule has 0 spiro atoms. The quantitative estimate of drug-likeness (QED) is 0.618. The Morgan fingerprint density at radius 1 is 1.23 bits per heavy atom. The highest BCUT2D eigenvalue weighted by atomic mass is 127. The number of pyridine rings is 2. The van der Waals surface area contributed by atoms with Gasteiger partial charge in [0.05, 0.1) is 17.0 Å². The summed E-state index contributed by atoms with van der Waals surface area (Å²) < 4.78 is 2.72. The number of carbonyl (C=O) groups excluding carboxylic acids is 1. The maximum Gasteiger partial charge on any atom is 0.198 e. The van der Waals surface area contributed by atoms with Gasteiger partial charge in [0.1, 0.15) is 0 Å². The van der Waals surface area contributed by atoms with Crippen molar-refractivity contribution in [1.29, 1.82) is 0 Å². The highest BCUT2D eigenvalue weighted by Crippen LogP contribution is 2.17. The summed E-state index contributed by atoms with van der Waals surface area (Å²) in [6.45, 7) is 0.444. The van der Waals surface area contributed by atoms with Crippen LogP contribution in [0.25, 0.3) is 10.9 Å². The summed E-state index contributed by atoms with van der Waals surface area (Å²) >= 11 is 2.16. The van der Waals surface area contributed by atoms with E-state index in [4.69, 9.17) is 0 Å². The first-order valence-electron chi connectivity index (χ1n) is 6.49. The summed E-state index contributed by atoms with van der Waals surface area (Å²) in [6, 6.07) is 8.97. The lowest BCUT2D eigenvalue weighted by Gasteiger charge is -2.14. The average molecular weight is 405 g/mol. The number of carbonyl (C=O) groups is 1. The smallest absolute Gasteiger partial charge is 0.198 e. The minimum Gasteiger partial charge on any atom is -0.545 e. The zero-order chi connectivity index (χ0) is 15.7. The predicted octanol–water partition coefficient (Wildman–Crippen LogP) is 1.41. The number of rotatable bonds is 3. The second-order valence-corrected chi connectivity index (χ2v) is 6.05. The summed E-state index contributed by atoms with van der Waals surface area (Å²) in [5, 5.41) is 11.6. The minimum absolute atomic E-state index is 0.331. The Morgan fingerprint density at radius 2 is 1.95 bits per heavy atom. The van der Waals surface area contributed by atoms with Gasteiger partial charge in [-0.1, -0.05) is 0 Å². The van der Waals surface area contributed by atoms with Crippen LogP contribution >= 0.6 is 22.6 Å². The van der Waals surface area contributed by atoms with Crippen LogP contribution in [-0.4, -0.2) is 15.5 Å². The molecule has 0 fully saturated rings. The van der Waals surface area contributed by atoms with Gasteiger partial charge in [-0.15, -0.1) is 0 Å². The van der Waals surface area contributed by atoms with Crippen molar-refractivity contribution in [2.24, 2.45) is 0 Å². The van der Waals surface area contributed by atoms with Gasteiger partial charge in [-0.05, 0) is 58.5 Å². The van der Waals surface area contributed by atoms with Crippen molar-refractivity contribution in [2.45, 2.75) is 6.54 Å². The van der Waals surface area contributed by atoms with Crippen LogP contribution in [0.1, 0.15) is 15.9 Å². The molecular weight excluding hydrogens is 395 g/mol. The van der Waals surface area contributed by atoms with E-state index in [1.54, 1.807) is 29.1 Å². The Bertz CT molecular complexity index is 920. The van der Waals surface area contributed by atoms with Gasteiger partial charge in [-0.25, -0.2) is 0 Å². The summed E-state index contributed by atoms with van der Waals surface area (Å²) in [5.74, 6) is -1.46. The minimum atomic E-state index is -1.46. The molecule has 110 valence electrons. The van der Waals surface area contributed by atoms with Crippen LogP contribution in [0.5, 0.6) is 0 Å². The predicted molar refractivity (Wildman–Crippen MR) is 88.6 cm³/mol. The summed E-state index contributed by atoms with van der Waals surface area (Å²) in [7, 11) is 0. The van der Waals surface area contributed by atoms with E-state index in [1.807, 2.05) is 18.2 Å². The number of nitrogens with zero attached hydrogens (tertiary/aromatic N) is 2. The number of halogens is 1. The highest BCUT2D eigenvalue weighted by Gasteiger charge is 2.10. The maximum atomic E-state index is 12.2. The Labute approximate surface area is 139 Å². The van der Waals surface area contributed by atoms with E-state index in [0.29, 0.717) is 17.4 Å². The van der Waals surface area contributed by atoms with Crippen LogP contribution in [0.3, 0.4) is 0 Å². The molecule has 0 aliphatic carbocycles. The zero-order valence-corrected chi connectivity index (χ0v) is 13.5. The number of benzene rings is 1. The normalized spacial score (nSPS) is 10.8. The van der Waals surface area contributed by atoms with Gasteiger partial charge >= 0.3 is 0 Å². The van der Waals surface area contributed by atoms with Crippen LogP contribution in [0.15, 0.2) is 53.7 Å². The van der Waals surface area contributed by atoms with E-state index in [1.165, 1.54) is 6.20 Å². The van der Waals surface area contributed by atoms with Crippen molar-refractivity contribution in [2.75, 3.05) is 0 Å². The van der Waals surface area contributed by atoms with Crippen LogP contribution in [0, 0.1) is 3.57 Å². The van der Waals surface area contributed by atoms with E-state index < -0.39 is 11.4 Å². The number of hydrogen-bond acceptors (Lipinski definition) is 4. The second-order valence-electron chi connectivity index (χ2n) is 4.80. The highest BCUT2D eigenvalue weighted by molar-refractivity contribution is 14.1. The zero-order valence-electron chi connectivity index (χ0n) is 11.3. The van der Waals surface area contributed by atoms with Gasteiger partial charge in [0, 0.05) is 34.1 Å². The van der Waals surface area contributed by atoms with Gasteiger partial charge in [0.15, 0.2) is 5.43 Å². The Kier molecular flexibility index (Phi) is 3.93. The molecule has 6 heteroatoms. The molecule has 3 rings (SSSR count). The maximum absolute atomic E-state index is 12.2. The molecule has 0 saturated heterocycles. The van der Waals surface area contributed by atoms with E-state index in [-0.39, 0.29) is 5.56 Å². The number of carboxylic acid groups (broad SMARTS) is 1. The van der Waals surface area contributed by atoms with E-state index in [0.717, 1.165) is 9.13 Å². The van der Waals surface area contributed by atoms with E-state index in [9.17, 15) is 14.7 Å². The van der Waals surface area contributed by atoms with Crippen LogP contribution in [-0.2, 0) is 6.54 Å². The lowest BCUT2D eigenvalue weighted by molar-refractivity contribution is -0.255. The molecule has 0 N–H and O–H groups in total. The lowest BCUT2D eigenvalue weighted by Crippen LogP contribution is -2.30. The molecule has 0 amide bonds. The fourth-order valence-corrected chi connectivity index (χ4v) is 2.80. The van der Waals surface area contributed by atoms with E-state index >= 15 is 0 Å². The second kappa shape index (κ2) is 5.88. The Hall–Kier alpha value is -2.22. The topological polar surface area (TPSA) is 75.0 Å². The molecule has 0 saturated carbocycles. The van der Waals surface area contributed by atoms with Crippen molar-refractivity contribution < 1.29 is 9.90 Å². The molecule has 2 heterocycles. The van der Waals surface area contributed by atoms with Gasteiger partial charge in [-0.3, -0.25) is 9.78 Å². The lowest BCUT2D eigenvalue weighted by atomic mass is 10.1. The monoisotopic (exact) mass is 405 g/mol. The third kappa shape index (κ3) is 2.74. The van der Waals surface area contributed by atoms with Gasteiger partial charge in [0.2, 0.25) is 0 Å². The van der Waals surface area contributed by atoms with Crippen molar-refractivity contribution in [1.82, 2.24) is 9.55 Å². The third-order valence-corrected chi connectivity index (χ3v) is 4.04. The number of aromatic nitrogens is 2. The van der Waals surface area contributed by atoms with Crippen molar-refractivity contribution in [3.05, 3.63) is 73.8 Å². The number of aromatic carboxylic acids is 1. The Morgan fingerprint density at radius 3 is 2.64 bits per heavy atom. The molecule has 5 nitrogen and oxygen atoms in total. The molecule has 0 unspecified atom stereocenters. The molecule has 0 atom stereocenters. The Balaban J connectivity index is 2.27. The first-order chi connectivity index (χ1) is 10.6. The first kappa shape index (κ1) is 14.7. The molecule has 0 radical (unpaired) electrons. The van der Waals surface area contributed by atoms with Gasteiger partial charge < -0.3 is 14.5 Å². The summed E-state index contributed by atoms with van der Waals surface area (Å²) in [6.07, 6.45) is 4.68. The van der Waals surface area contributed by atoms with Crippen molar-refractivity contribution in [3.8, 4) is 0 Å². The fourth-order valence-electron chi connectivity index (χ4n) is 2.32. The molecule has 0 aliphatic heterocycles. The summed E-state index contributed by atoms with van der Waals surface area (Å²) in [5.41, 5.74) is 0.807. The number of carboxylic acids is 1. The molecular formula is C16H10IN2O3-. The first-order valence-corrected chi connectivity index (χ1v) is 7.57. The molecule has 2 aromatic heterocycles. The average Bonchev–Trinajstić information content (AvgIpc) is 2.50. The summed E-state index contributed by atoms with van der Waals surface area (Å²) in [4.78, 5) is 27.4. The third-order valence-electron chi connectivity index (χ3n) is 3.37. The van der Waals surface area contributed by atoms with Crippen molar-refractivity contribution >= 4 is 39.5 Å². The van der Waals surface area contributed by atoms with Gasteiger partial charge in [-0.2, -0.15) is 0 Å². The van der Waals surface area contributed by atoms with Crippen LogP contribution in [0.4, 0.5) is 0 Å². The molecule has 0 bridgehead atoms. The SMILES string of the molecule is O=C([O-])c1cn(Cc2ccncc2)c2cc(I)ccc2c1=O.